The number of carbonyl (C=O) groups excluding carboxylic acids is 1. The third-order valence-corrected chi connectivity index (χ3v) is 7.21. The molecule has 1 heterocycles. The number of carbonyl (C=O) groups is 1. The van der Waals surface area contributed by atoms with Crippen molar-refractivity contribution in [2.45, 2.75) is 36.2 Å². The van der Waals surface area contributed by atoms with Crippen LogP contribution >= 0.6 is 35.0 Å². The molecular formula is C26H17Cl2F7N4OS. The Bertz CT molecular complexity index is 1540. The molecule has 0 fully saturated rings. The van der Waals surface area contributed by atoms with E-state index in [0.717, 1.165) is 5.56 Å². The molecule has 1 unspecified atom stereocenters. The predicted octanol–water partition coefficient (Wildman–Crippen LogP) is 8.53. The molecule has 4 rings (SSSR count). The van der Waals surface area contributed by atoms with E-state index in [1.807, 2.05) is 0 Å². The van der Waals surface area contributed by atoms with Gasteiger partial charge in [-0.25, -0.2) is 4.39 Å². The first kappa shape index (κ1) is 30.7. The number of halogens is 9. The molecule has 0 aliphatic carbocycles. The number of alkyl halides is 6. The third kappa shape index (κ3) is 7.32. The summed E-state index contributed by atoms with van der Waals surface area (Å²) in [5.41, 5.74) is -3.00. The van der Waals surface area contributed by atoms with Crippen molar-refractivity contribution in [3.63, 3.8) is 0 Å². The van der Waals surface area contributed by atoms with Crippen LogP contribution in [0.25, 0.3) is 5.69 Å². The lowest BCUT2D eigenvalue weighted by Crippen LogP contribution is -2.29. The molecule has 1 N–H and O–H groups in total. The first-order valence-electron chi connectivity index (χ1n) is 11.5. The molecular weight excluding hydrogens is 620 g/mol. The quantitative estimate of drug-likeness (QED) is 0.163. The summed E-state index contributed by atoms with van der Waals surface area (Å²) < 4.78 is 94.5. The smallest absolute Gasteiger partial charge is 0.342 e. The molecule has 0 saturated heterocycles. The third-order valence-electron chi connectivity index (χ3n) is 5.67. The fraction of sp³-hybridized carbons (Fsp3) is 0.192. The second kappa shape index (κ2) is 11.9. The fourth-order valence-corrected chi connectivity index (χ4v) is 5.10. The maximum absolute atomic E-state index is 13.3. The summed E-state index contributed by atoms with van der Waals surface area (Å²) in [6, 6.07) is 9.80. The van der Waals surface area contributed by atoms with Crippen LogP contribution in [-0.2, 0) is 18.1 Å². The Labute approximate surface area is 242 Å². The van der Waals surface area contributed by atoms with Crippen molar-refractivity contribution in [2.24, 2.45) is 0 Å². The van der Waals surface area contributed by atoms with Gasteiger partial charge in [0.05, 0.1) is 27.9 Å². The number of hydrogen-bond donors (Lipinski definition) is 1. The number of rotatable bonds is 7. The van der Waals surface area contributed by atoms with E-state index in [1.54, 1.807) is 18.2 Å². The molecule has 0 spiro atoms. The average molecular weight is 637 g/mol. The van der Waals surface area contributed by atoms with E-state index < -0.39 is 46.8 Å². The van der Waals surface area contributed by atoms with Gasteiger partial charge >= 0.3 is 12.4 Å². The minimum absolute atomic E-state index is 0.0655. The van der Waals surface area contributed by atoms with Crippen LogP contribution in [-0.4, -0.2) is 20.7 Å². The topological polar surface area (TPSA) is 59.8 Å². The van der Waals surface area contributed by atoms with E-state index in [4.69, 9.17) is 23.2 Å². The van der Waals surface area contributed by atoms with Gasteiger partial charge in [-0.2, -0.15) is 26.3 Å². The highest BCUT2D eigenvalue weighted by Crippen LogP contribution is 2.37. The Kier molecular flexibility index (Phi) is 8.90. The van der Waals surface area contributed by atoms with Crippen LogP contribution in [0.4, 0.5) is 30.7 Å². The van der Waals surface area contributed by atoms with Crippen LogP contribution in [0.15, 0.2) is 65.8 Å². The number of amides is 1. The van der Waals surface area contributed by atoms with Gasteiger partial charge in [0, 0.05) is 16.3 Å². The van der Waals surface area contributed by atoms with E-state index in [2.05, 4.69) is 15.5 Å². The van der Waals surface area contributed by atoms with Gasteiger partial charge in [-0.15, -0.1) is 10.2 Å². The van der Waals surface area contributed by atoms with Crippen molar-refractivity contribution < 1.29 is 35.5 Å². The van der Waals surface area contributed by atoms with Gasteiger partial charge in [0.2, 0.25) is 0 Å². The predicted molar refractivity (Wildman–Crippen MR) is 140 cm³/mol. The van der Waals surface area contributed by atoms with Crippen LogP contribution in [0.5, 0.6) is 0 Å². The molecule has 1 amide bonds. The zero-order valence-electron chi connectivity index (χ0n) is 20.6. The van der Waals surface area contributed by atoms with E-state index in [9.17, 15) is 35.5 Å². The van der Waals surface area contributed by atoms with Crippen molar-refractivity contribution in [1.82, 2.24) is 20.1 Å². The summed E-state index contributed by atoms with van der Waals surface area (Å²) in [7, 11) is 0. The SMILES string of the molecule is CC(NC(=O)c1cc(C(F)(F)F)cc(C(F)(F)F)c1)c1nnc(SCc2ccc(F)cc2)n1-c1ccc(Cl)cc1Cl. The summed E-state index contributed by atoms with van der Waals surface area (Å²) in [6.45, 7) is 1.43. The first-order chi connectivity index (χ1) is 19.1. The van der Waals surface area contributed by atoms with Gasteiger partial charge in [0.15, 0.2) is 11.0 Å². The lowest BCUT2D eigenvalue weighted by Gasteiger charge is -2.18. The second-order valence-corrected chi connectivity index (χ2v) is 10.5. The van der Waals surface area contributed by atoms with Crippen LogP contribution < -0.4 is 5.32 Å². The maximum Gasteiger partial charge on any atom is 0.416 e. The van der Waals surface area contributed by atoms with Gasteiger partial charge in [-0.3, -0.25) is 9.36 Å². The van der Waals surface area contributed by atoms with Crippen LogP contribution in [0.3, 0.4) is 0 Å². The largest absolute Gasteiger partial charge is 0.416 e. The Hall–Kier alpha value is -3.29. The van der Waals surface area contributed by atoms with E-state index >= 15 is 0 Å². The molecule has 0 aliphatic rings. The lowest BCUT2D eigenvalue weighted by molar-refractivity contribution is -0.143. The summed E-state index contributed by atoms with van der Waals surface area (Å²) in [6.07, 6.45) is -10.2. The number of hydrogen-bond acceptors (Lipinski definition) is 4. The molecule has 4 aromatic rings. The minimum Gasteiger partial charge on any atom is -0.342 e. The first-order valence-corrected chi connectivity index (χ1v) is 13.3. The summed E-state index contributed by atoms with van der Waals surface area (Å²) in [4.78, 5) is 12.9. The standard InChI is InChI=1S/C26H17Cl2F7N4OS/c1-13(36-23(40)15-8-16(25(30,31)32)10-17(9-15)26(33,34)35)22-37-38-24(41-12-14-2-5-19(29)6-3-14)39(22)21-7-4-18(27)11-20(21)28/h2-11,13H,12H2,1H3,(H,36,40). The zero-order valence-corrected chi connectivity index (χ0v) is 22.9. The second-order valence-electron chi connectivity index (χ2n) is 8.68. The summed E-state index contributed by atoms with van der Waals surface area (Å²) in [5.74, 6) is -1.21. The molecule has 5 nitrogen and oxygen atoms in total. The molecule has 1 atom stereocenters. The number of nitrogens with one attached hydrogen (secondary N) is 1. The summed E-state index contributed by atoms with van der Waals surface area (Å²) in [5, 5.41) is 11.4. The Morgan fingerprint density at radius 3 is 2.10 bits per heavy atom. The monoisotopic (exact) mass is 636 g/mol. The highest BCUT2D eigenvalue weighted by molar-refractivity contribution is 7.98. The van der Waals surface area contributed by atoms with Crippen molar-refractivity contribution >= 4 is 40.9 Å². The minimum atomic E-state index is -5.12. The number of benzene rings is 3. The van der Waals surface area contributed by atoms with E-state index in [1.165, 1.54) is 47.5 Å². The van der Waals surface area contributed by atoms with Crippen molar-refractivity contribution in [3.05, 3.63) is 105 Å². The molecule has 0 radical (unpaired) electrons. The van der Waals surface area contributed by atoms with Crippen LogP contribution in [0, 0.1) is 5.82 Å². The van der Waals surface area contributed by atoms with Crippen LogP contribution in [0.1, 0.15) is 45.8 Å². The number of nitrogens with zero attached hydrogens (tertiary/aromatic N) is 3. The van der Waals surface area contributed by atoms with E-state index in [0.29, 0.717) is 28.6 Å². The maximum atomic E-state index is 13.3. The van der Waals surface area contributed by atoms with Crippen molar-refractivity contribution in [2.75, 3.05) is 0 Å². The van der Waals surface area contributed by atoms with E-state index in [-0.39, 0.29) is 22.1 Å². The van der Waals surface area contributed by atoms with Gasteiger partial charge < -0.3 is 5.32 Å². The fourth-order valence-electron chi connectivity index (χ4n) is 3.70. The van der Waals surface area contributed by atoms with Crippen molar-refractivity contribution in [1.29, 1.82) is 0 Å². The molecule has 216 valence electrons. The average Bonchev–Trinajstić information content (AvgIpc) is 3.31. The lowest BCUT2D eigenvalue weighted by atomic mass is 10.0. The molecule has 1 aromatic heterocycles. The highest BCUT2D eigenvalue weighted by Gasteiger charge is 2.37. The number of aromatic nitrogens is 3. The van der Waals surface area contributed by atoms with Crippen molar-refractivity contribution in [3.8, 4) is 5.69 Å². The Balaban J connectivity index is 1.69. The molecule has 0 bridgehead atoms. The zero-order chi connectivity index (χ0) is 30.1. The normalized spacial score (nSPS) is 12.8. The Morgan fingerprint density at radius 1 is 0.927 bits per heavy atom. The van der Waals surface area contributed by atoms with Gasteiger partial charge in [0.1, 0.15) is 5.82 Å². The molecule has 41 heavy (non-hydrogen) atoms. The Morgan fingerprint density at radius 2 is 1.54 bits per heavy atom. The number of thioether (sulfide) groups is 1. The molecule has 3 aromatic carbocycles. The van der Waals surface area contributed by atoms with Gasteiger partial charge in [0.25, 0.3) is 5.91 Å². The molecule has 15 heteroatoms. The van der Waals surface area contributed by atoms with Gasteiger partial charge in [-0.1, -0.05) is 47.1 Å². The highest BCUT2D eigenvalue weighted by atomic mass is 35.5. The molecule has 0 aliphatic heterocycles. The molecule has 0 saturated carbocycles. The summed E-state index contributed by atoms with van der Waals surface area (Å²) >= 11 is 13.6. The van der Waals surface area contributed by atoms with Crippen LogP contribution in [0.2, 0.25) is 10.0 Å². The van der Waals surface area contributed by atoms with Gasteiger partial charge in [-0.05, 0) is 61.0 Å².